The number of aromatic carboxylic acids is 1. The molecule has 18 heavy (non-hydrogen) atoms. The molecule has 0 saturated heterocycles. The van der Waals surface area contributed by atoms with E-state index in [0.717, 1.165) is 0 Å². The molecule has 0 unspecified atom stereocenters. The number of halogens is 4. The van der Waals surface area contributed by atoms with Crippen LogP contribution in [0.2, 0.25) is 20.1 Å². The van der Waals surface area contributed by atoms with E-state index in [1.807, 2.05) is 0 Å². The maximum absolute atomic E-state index is 10.8. The molecule has 0 saturated carbocycles. The number of carbonyl (C=O) groups is 1. The first-order chi connectivity index (χ1) is 8.41. The normalized spacial score (nSPS) is 10.7. The van der Waals surface area contributed by atoms with Gasteiger partial charge in [0.05, 0.1) is 25.7 Å². The summed E-state index contributed by atoms with van der Waals surface area (Å²) in [5.74, 6) is -1.01. The van der Waals surface area contributed by atoms with Gasteiger partial charge in [0.2, 0.25) is 0 Å². The largest absolute Gasteiger partial charge is 0.478 e. The van der Waals surface area contributed by atoms with E-state index in [9.17, 15) is 4.79 Å². The zero-order chi connectivity index (χ0) is 13.4. The van der Waals surface area contributed by atoms with E-state index in [2.05, 4.69) is 0 Å². The summed E-state index contributed by atoms with van der Waals surface area (Å²) < 4.78 is 0. The summed E-state index contributed by atoms with van der Waals surface area (Å²) in [4.78, 5) is 11.5. The Morgan fingerprint density at radius 1 is 1.06 bits per heavy atom. The minimum Gasteiger partial charge on any atom is -0.478 e. The number of rotatable bonds is 2. The first kappa shape index (κ1) is 14.0. The molecule has 0 aliphatic carbocycles. The van der Waals surface area contributed by atoms with Gasteiger partial charge in [-0.3, -0.25) is 0 Å². The van der Waals surface area contributed by atoms with Gasteiger partial charge in [-0.2, -0.15) is 0 Å². The smallest absolute Gasteiger partial charge is 0.336 e. The Hall–Kier alpha value is -0.450. The Kier molecular flexibility index (Phi) is 4.09. The van der Waals surface area contributed by atoms with Crippen LogP contribution >= 0.6 is 57.7 Å². The third-order valence-corrected chi connectivity index (χ3v) is 4.71. The van der Waals surface area contributed by atoms with Crippen molar-refractivity contribution in [2.24, 2.45) is 0 Å². The average molecular weight is 342 g/mol. The summed E-state index contributed by atoms with van der Waals surface area (Å²) in [6, 6.07) is 2.97. The number of benzene rings is 1. The van der Waals surface area contributed by atoms with Gasteiger partial charge in [-0.15, -0.1) is 11.3 Å². The summed E-state index contributed by atoms with van der Waals surface area (Å²) in [6.45, 7) is 0. The Morgan fingerprint density at radius 3 is 2.28 bits per heavy atom. The number of hydrogen-bond acceptors (Lipinski definition) is 2. The molecular weight excluding hydrogens is 338 g/mol. The summed E-state index contributed by atoms with van der Waals surface area (Å²) in [5.41, 5.74) is 0.665. The van der Waals surface area contributed by atoms with Crippen LogP contribution in [0.5, 0.6) is 0 Å². The van der Waals surface area contributed by atoms with E-state index in [0.29, 0.717) is 15.5 Å². The SMILES string of the molecule is O=C(O)c1csc(-c2c(Cl)cc(Cl)c(Cl)c2Cl)c1. The quantitative estimate of drug-likeness (QED) is 0.559. The summed E-state index contributed by atoms with van der Waals surface area (Å²) in [7, 11) is 0. The van der Waals surface area contributed by atoms with E-state index in [-0.39, 0.29) is 20.6 Å². The lowest BCUT2D eigenvalue weighted by atomic mass is 10.1. The molecule has 0 radical (unpaired) electrons. The molecule has 2 rings (SSSR count). The summed E-state index contributed by atoms with van der Waals surface area (Å²) in [5, 5.41) is 11.4. The molecule has 0 bridgehead atoms. The van der Waals surface area contributed by atoms with Crippen molar-refractivity contribution in [1.82, 2.24) is 0 Å². The fourth-order valence-corrected chi connectivity index (χ4v) is 3.55. The van der Waals surface area contributed by atoms with Crippen LogP contribution in [0.15, 0.2) is 17.5 Å². The topological polar surface area (TPSA) is 37.3 Å². The van der Waals surface area contributed by atoms with Gasteiger partial charge in [0, 0.05) is 15.8 Å². The molecule has 1 N–H and O–H groups in total. The van der Waals surface area contributed by atoms with Crippen molar-refractivity contribution in [2.45, 2.75) is 0 Å². The van der Waals surface area contributed by atoms with Gasteiger partial charge in [0.1, 0.15) is 0 Å². The summed E-state index contributed by atoms with van der Waals surface area (Å²) >= 11 is 25.2. The standard InChI is InChI=1S/C11H4Cl4O2S/c12-5-2-6(13)9(14)10(15)8(5)7-1-4(3-18-7)11(16)17/h1-3H,(H,16,17). The lowest BCUT2D eigenvalue weighted by Gasteiger charge is -2.08. The molecule has 7 heteroatoms. The van der Waals surface area contributed by atoms with E-state index < -0.39 is 5.97 Å². The van der Waals surface area contributed by atoms with Crippen LogP contribution in [-0.4, -0.2) is 11.1 Å². The molecule has 1 aromatic carbocycles. The summed E-state index contributed by atoms with van der Waals surface area (Å²) in [6.07, 6.45) is 0. The van der Waals surface area contributed by atoms with Crippen LogP contribution in [0.25, 0.3) is 10.4 Å². The van der Waals surface area contributed by atoms with E-state index in [1.54, 1.807) is 0 Å². The van der Waals surface area contributed by atoms with Gasteiger partial charge < -0.3 is 5.11 Å². The predicted octanol–water partition coefficient (Wildman–Crippen LogP) is 5.73. The molecule has 0 amide bonds. The van der Waals surface area contributed by atoms with E-state index >= 15 is 0 Å². The fourth-order valence-electron chi connectivity index (χ4n) is 1.37. The number of thiophene rings is 1. The van der Waals surface area contributed by atoms with Crippen LogP contribution < -0.4 is 0 Å². The third-order valence-electron chi connectivity index (χ3n) is 2.21. The highest BCUT2D eigenvalue weighted by Crippen LogP contribution is 2.44. The molecule has 0 spiro atoms. The minimum absolute atomic E-state index is 0.174. The molecule has 0 aliphatic rings. The first-order valence-electron chi connectivity index (χ1n) is 4.57. The number of hydrogen-bond donors (Lipinski definition) is 1. The Labute approximate surface area is 127 Å². The van der Waals surface area contributed by atoms with Gasteiger partial charge in [0.15, 0.2) is 0 Å². The lowest BCUT2D eigenvalue weighted by molar-refractivity contribution is 0.0697. The Morgan fingerprint density at radius 2 is 1.72 bits per heavy atom. The van der Waals surface area contributed by atoms with Crippen molar-refractivity contribution in [3.63, 3.8) is 0 Å². The van der Waals surface area contributed by atoms with Crippen molar-refractivity contribution in [1.29, 1.82) is 0 Å². The molecule has 1 heterocycles. The van der Waals surface area contributed by atoms with Crippen LogP contribution in [0, 0.1) is 0 Å². The Balaban J connectivity index is 2.63. The second-order valence-electron chi connectivity index (χ2n) is 3.35. The second-order valence-corrected chi connectivity index (χ2v) is 5.83. The van der Waals surface area contributed by atoms with Crippen LogP contribution in [0.3, 0.4) is 0 Å². The highest BCUT2D eigenvalue weighted by Gasteiger charge is 2.18. The van der Waals surface area contributed by atoms with Gasteiger partial charge >= 0.3 is 5.97 Å². The maximum atomic E-state index is 10.8. The molecule has 2 nitrogen and oxygen atoms in total. The highest BCUT2D eigenvalue weighted by atomic mass is 35.5. The van der Waals surface area contributed by atoms with Crippen molar-refractivity contribution < 1.29 is 9.90 Å². The highest BCUT2D eigenvalue weighted by molar-refractivity contribution is 7.14. The zero-order valence-corrected chi connectivity index (χ0v) is 12.3. The van der Waals surface area contributed by atoms with Crippen molar-refractivity contribution >= 4 is 63.7 Å². The molecular formula is C11H4Cl4O2S. The number of carboxylic acid groups (broad SMARTS) is 1. The molecule has 0 aliphatic heterocycles. The number of carboxylic acids is 1. The van der Waals surface area contributed by atoms with Crippen LogP contribution in [-0.2, 0) is 0 Å². The van der Waals surface area contributed by atoms with Gasteiger partial charge in [-0.1, -0.05) is 46.4 Å². The molecule has 2 aromatic rings. The minimum atomic E-state index is -1.01. The van der Waals surface area contributed by atoms with Crippen molar-refractivity contribution in [3.8, 4) is 10.4 Å². The monoisotopic (exact) mass is 340 g/mol. The average Bonchev–Trinajstić information content (AvgIpc) is 2.75. The zero-order valence-electron chi connectivity index (χ0n) is 8.51. The predicted molar refractivity (Wildman–Crippen MR) is 76.8 cm³/mol. The maximum Gasteiger partial charge on any atom is 0.336 e. The van der Waals surface area contributed by atoms with Crippen LogP contribution in [0.4, 0.5) is 0 Å². The van der Waals surface area contributed by atoms with Gasteiger partial charge in [-0.25, -0.2) is 4.79 Å². The molecule has 94 valence electrons. The van der Waals surface area contributed by atoms with E-state index in [4.69, 9.17) is 51.5 Å². The van der Waals surface area contributed by atoms with E-state index in [1.165, 1.54) is 28.8 Å². The van der Waals surface area contributed by atoms with Crippen LogP contribution in [0.1, 0.15) is 10.4 Å². The molecule has 0 fully saturated rings. The lowest BCUT2D eigenvalue weighted by Crippen LogP contribution is -1.91. The third kappa shape index (κ3) is 2.46. The van der Waals surface area contributed by atoms with Gasteiger partial charge in [0.25, 0.3) is 0 Å². The molecule has 1 aromatic heterocycles. The van der Waals surface area contributed by atoms with Gasteiger partial charge in [-0.05, 0) is 12.1 Å². The second kappa shape index (κ2) is 5.27. The molecule has 0 atom stereocenters. The Bertz CT molecular complexity index is 636. The first-order valence-corrected chi connectivity index (χ1v) is 6.96. The van der Waals surface area contributed by atoms with Crippen molar-refractivity contribution in [2.75, 3.05) is 0 Å². The fraction of sp³-hybridized carbons (Fsp3) is 0. The van der Waals surface area contributed by atoms with Crippen molar-refractivity contribution in [3.05, 3.63) is 43.2 Å².